The van der Waals surface area contributed by atoms with Crippen molar-refractivity contribution >= 4 is 17.3 Å². The van der Waals surface area contributed by atoms with Gasteiger partial charge in [-0.1, -0.05) is 11.6 Å². The van der Waals surface area contributed by atoms with Crippen LogP contribution in [0.15, 0.2) is 29.3 Å². The van der Waals surface area contributed by atoms with Crippen molar-refractivity contribution in [2.24, 2.45) is 0 Å². The van der Waals surface area contributed by atoms with Gasteiger partial charge in [0, 0.05) is 6.07 Å². The molecule has 19 heavy (non-hydrogen) atoms. The fraction of sp³-hybridized carbons (Fsp3) is 0. The Morgan fingerprint density at radius 2 is 2.21 bits per heavy atom. The Hall–Kier alpha value is -2.48. The van der Waals surface area contributed by atoms with Crippen LogP contribution >= 0.6 is 11.6 Å². The van der Waals surface area contributed by atoms with Gasteiger partial charge >= 0.3 is 0 Å². The van der Waals surface area contributed by atoms with Crippen LogP contribution in [0, 0.1) is 15.9 Å². The molecule has 7 nitrogen and oxygen atoms in total. The quantitative estimate of drug-likeness (QED) is 0.689. The van der Waals surface area contributed by atoms with Crippen LogP contribution in [0.3, 0.4) is 0 Å². The van der Waals surface area contributed by atoms with E-state index in [4.69, 9.17) is 16.3 Å². The Morgan fingerprint density at radius 3 is 2.84 bits per heavy atom. The first-order valence-corrected chi connectivity index (χ1v) is 5.22. The van der Waals surface area contributed by atoms with E-state index in [2.05, 4.69) is 9.97 Å². The minimum absolute atomic E-state index is 0.293. The number of non-ortho nitro benzene ring substituents is 1. The summed E-state index contributed by atoms with van der Waals surface area (Å²) in [6.45, 7) is 0. The summed E-state index contributed by atoms with van der Waals surface area (Å²) in [7, 11) is 0. The van der Waals surface area contributed by atoms with Crippen LogP contribution in [0.1, 0.15) is 0 Å². The maximum atomic E-state index is 13.5. The molecule has 0 bridgehead atoms. The van der Waals surface area contributed by atoms with Gasteiger partial charge in [0.25, 0.3) is 11.2 Å². The number of hydrogen-bond acceptors (Lipinski definition) is 5. The number of nitrogens with one attached hydrogen (secondary N) is 1. The lowest BCUT2D eigenvalue weighted by molar-refractivity contribution is -0.385. The van der Waals surface area contributed by atoms with Gasteiger partial charge in [-0.15, -0.1) is 0 Å². The highest BCUT2D eigenvalue weighted by Gasteiger charge is 2.15. The number of nitro groups is 1. The molecule has 0 spiro atoms. The smallest absolute Gasteiger partial charge is 0.273 e. The summed E-state index contributed by atoms with van der Waals surface area (Å²) >= 11 is 5.62. The minimum Gasteiger partial charge on any atom is -0.434 e. The zero-order valence-corrected chi connectivity index (χ0v) is 9.85. The molecule has 1 N–H and O–H groups in total. The van der Waals surface area contributed by atoms with Gasteiger partial charge in [0.05, 0.1) is 17.3 Å². The van der Waals surface area contributed by atoms with E-state index >= 15 is 0 Å². The number of nitrogens with zero attached hydrogens (tertiary/aromatic N) is 2. The number of ether oxygens (including phenoxy) is 1. The van der Waals surface area contributed by atoms with E-state index < -0.39 is 22.0 Å². The van der Waals surface area contributed by atoms with E-state index in [-0.39, 0.29) is 16.7 Å². The number of benzene rings is 1. The molecule has 0 radical (unpaired) electrons. The van der Waals surface area contributed by atoms with Crippen molar-refractivity contribution in [2.45, 2.75) is 0 Å². The Balaban J connectivity index is 2.36. The molecule has 1 heterocycles. The molecule has 2 rings (SSSR count). The first-order valence-electron chi connectivity index (χ1n) is 4.84. The summed E-state index contributed by atoms with van der Waals surface area (Å²) in [5, 5.41) is 10.1. The molecule has 0 saturated carbocycles. The molecule has 9 heteroatoms. The SMILES string of the molecule is O=c1[nH]cnc(Oc2ccc([N+](=O)[O-])cc2F)c1Cl. The zero-order chi connectivity index (χ0) is 14.0. The second-order valence-corrected chi connectivity index (χ2v) is 3.70. The molecule has 1 aromatic carbocycles. The predicted octanol–water partition coefficient (Wildman–Crippen LogP) is 2.26. The molecule has 1 aromatic heterocycles. The summed E-state index contributed by atoms with van der Waals surface area (Å²) in [5.74, 6) is -1.59. The van der Waals surface area contributed by atoms with Crippen LogP contribution in [0.5, 0.6) is 11.6 Å². The van der Waals surface area contributed by atoms with Gasteiger partial charge in [0.1, 0.15) is 0 Å². The van der Waals surface area contributed by atoms with Gasteiger partial charge < -0.3 is 9.72 Å². The zero-order valence-electron chi connectivity index (χ0n) is 9.09. The monoisotopic (exact) mass is 285 g/mol. The Kier molecular flexibility index (Phi) is 3.43. The van der Waals surface area contributed by atoms with Crippen molar-refractivity contribution in [3.63, 3.8) is 0 Å². The predicted molar refractivity (Wildman–Crippen MR) is 63.0 cm³/mol. The highest BCUT2D eigenvalue weighted by atomic mass is 35.5. The molecule has 0 saturated heterocycles. The molecule has 0 unspecified atom stereocenters. The lowest BCUT2D eigenvalue weighted by Gasteiger charge is -2.06. The van der Waals surface area contributed by atoms with Crippen molar-refractivity contribution in [2.75, 3.05) is 0 Å². The molecule has 0 amide bonds. The molecule has 0 aliphatic rings. The van der Waals surface area contributed by atoms with Crippen molar-refractivity contribution < 1.29 is 14.1 Å². The second kappa shape index (κ2) is 5.02. The normalized spacial score (nSPS) is 10.2. The van der Waals surface area contributed by atoms with Crippen LogP contribution < -0.4 is 10.3 Å². The van der Waals surface area contributed by atoms with Crippen molar-refractivity contribution in [3.05, 3.63) is 55.8 Å². The standard InChI is InChI=1S/C10H5ClFN3O4/c11-8-9(16)13-4-14-10(8)19-7-2-1-5(15(17)18)3-6(7)12/h1-4H,(H,13,14,16). The third-order valence-electron chi connectivity index (χ3n) is 2.10. The Labute approximate surface area is 109 Å². The fourth-order valence-corrected chi connectivity index (χ4v) is 1.37. The Morgan fingerprint density at radius 1 is 1.47 bits per heavy atom. The molecule has 0 aliphatic heterocycles. The van der Waals surface area contributed by atoms with E-state index in [0.717, 1.165) is 18.5 Å². The lowest BCUT2D eigenvalue weighted by Crippen LogP contribution is -2.08. The number of aromatic amines is 1. The third kappa shape index (κ3) is 2.68. The van der Waals surface area contributed by atoms with E-state index in [9.17, 15) is 19.3 Å². The first-order chi connectivity index (χ1) is 8.99. The third-order valence-corrected chi connectivity index (χ3v) is 2.43. The van der Waals surface area contributed by atoms with Gasteiger partial charge in [0.2, 0.25) is 5.88 Å². The van der Waals surface area contributed by atoms with Gasteiger partial charge in [-0.25, -0.2) is 9.37 Å². The number of rotatable bonds is 3. The number of halogens is 2. The van der Waals surface area contributed by atoms with Gasteiger partial charge in [-0.2, -0.15) is 0 Å². The Bertz CT molecular complexity index is 703. The summed E-state index contributed by atoms with van der Waals surface area (Å²) in [4.78, 5) is 26.7. The number of H-pyrrole nitrogens is 1. The number of aromatic nitrogens is 2. The van der Waals surface area contributed by atoms with Gasteiger partial charge in [-0.3, -0.25) is 14.9 Å². The molecule has 98 valence electrons. The van der Waals surface area contributed by atoms with Crippen molar-refractivity contribution in [1.82, 2.24) is 9.97 Å². The van der Waals surface area contributed by atoms with E-state index in [1.807, 2.05) is 0 Å². The summed E-state index contributed by atoms with van der Waals surface area (Å²) in [6.07, 6.45) is 1.03. The van der Waals surface area contributed by atoms with Crippen molar-refractivity contribution in [1.29, 1.82) is 0 Å². The maximum Gasteiger partial charge on any atom is 0.273 e. The second-order valence-electron chi connectivity index (χ2n) is 3.32. The fourth-order valence-electron chi connectivity index (χ4n) is 1.23. The summed E-state index contributed by atoms with van der Waals surface area (Å²) < 4.78 is 18.5. The number of nitro benzene ring substituents is 1. The molecule has 0 aliphatic carbocycles. The van der Waals surface area contributed by atoms with E-state index in [0.29, 0.717) is 6.07 Å². The topological polar surface area (TPSA) is 98.1 Å². The van der Waals surface area contributed by atoms with Crippen LogP contribution in [0.4, 0.5) is 10.1 Å². The van der Waals surface area contributed by atoms with E-state index in [1.54, 1.807) is 0 Å². The maximum absolute atomic E-state index is 13.5. The lowest BCUT2D eigenvalue weighted by atomic mass is 10.3. The van der Waals surface area contributed by atoms with Crippen LogP contribution in [0.25, 0.3) is 0 Å². The minimum atomic E-state index is -0.965. The summed E-state index contributed by atoms with van der Waals surface area (Å²) in [5.41, 5.74) is -1.07. The summed E-state index contributed by atoms with van der Waals surface area (Å²) in [6, 6.07) is 2.79. The highest BCUT2D eigenvalue weighted by molar-refractivity contribution is 6.31. The largest absolute Gasteiger partial charge is 0.434 e. The molecule has 0 fully saturated rings. The first kappa shape index (κ1) is 13.0. The average molecular weight is 286 g/mol. The van der Waals surface area contributed by atoms with Crippen LogP contribution in [-0.2, 0) is 0 Å². The highest BCUT2D eigenvalue weighted by Crippen LogP contribution is 2.28. The van der Waals surface area contributed by atoms with E-state index in [1.165, 1.54) is 0 Å². The molecular weight excluding hydrogens is 281 g/mol. The molecular formula is C10H5ClFN3O4. The van der Waals surface area contributed by atoms with Crippen LogP contribution in [0.2, 0.25) is 5.02 Å². The van der Waals surface area contributed by atoms with Gasteiger partial charge in [-0.05, 0) is 6.07 Å². The van der Waals surface area contributed by atoms with Gasteiger partial charge in [0.15, 0.2) is 16.6 Å². The average Bonchev–Trinajstić information content (AvgIpc) is 2.37. The molecule has 0 atom stereocenters. The number of hydrogen-bond donors (Lipinski definition) is 1. The van der Waals surface area contributed by atoms with Crippen LogP contribution in [-0.4, -0.2) is 14.9 Å². The van der Waals surface area contributed by atoms with Crippen molar-refractivity contribution in [3.8, 4) is 11.6 Å². The molecule has 2 aromatic rings.